The van der Waals surface area contributed by atoms with Gasteiger partial charge in [0.15, 0.2) is 5.78 Å². The predicted octanol–water partition coefficient (Wildman–Crippen LogP) is 3.47. The number of carbonyl (C=O) groups excluding carboxylic acids is 3. The molecule has 0 bridgehead atoms. The first kappa shape index (κ1) is 15.9. The van der Waals surface area contributed by atoms with E-state index in [1.165, 1.54) is 25.2 Å². The summed E-state index contributed by atoms with van der Waals surface area (Å²) in [6.07, 6.45) is 0. The van der Waals surface area contributed by atoms with Crippen molar-refractivity contribution in [1.29, 1.82) is 0 Å². The molecule has 0 unspecified atom stereocenters. The van der Waals surface area contributed by atoms with Crippen molar-refractivity contribution in [3.8, 4) is 0 Å². The van der Waals surface area contributed by atoms with Gasteiger partial charge in [0.05, 0.1) is 9.75 Å². The highest BCUT2D eigenvalue weighted by Crippen LogP contribution is 2.22. The third-order valence-electron chi connectivity index (χ3n) is 2.97. The number of hydrogen-bond donors (Lipinski definition) is 2. The summed E-state index contributed by atoms with van der Waals surface area (Å²) in [6.45, 7) is 4.76. The summed E-state index contributed by atoms with van der Waals surface area (Å²) in [6, 6.07) is 8.52. The number of anilines is 2. The lowest BCUT2D eigenvalue weighted by Crippen LogP contribution is -2.11. The number of amides is 2. The Labute approximate surface area is 132 Å². The quantitative estimate of drug-likeness (QED) is 0.848. The highest BCUT2D eigenvalue weighted by Gasteiger charge is 2.12. The second-order valence-corrected chi connectivity index (χ2v) is 5.97. The van der Waals surface area contributed by atoms with E-state index in [9.17, 15) is 14.4 Å². The molecule has 1 aromatic carbocycles. The fraction of sp³-hybridized carbons (Fsp3) is 0.188. The Hall–Kier alpha value is -2.47. The molecule has 0 fully saturated rings. The summed E-state index contributed by atoms with van der Waals surface area (Å²) < 4.78 is 0. The van der Waals surface area contributed by atoms with Crippen LogP contribution in [0.5, 0.6) is 0 Å². The molecule has 0 saturated carbocycles. The van der Waals surface area contributed by atoms with Crippen molar-refractivity contribution in [2.45, 2.75) is 20.8 Å². The first-order valence-electron chi connectivity index (χ1n) is 6.67. The van der Waals surface area contributed by atoms with Crippen molar-refractivity contribution in [3.05, 3.63) is 45.6 Å². The Kier molecular flexibility index (Phi) is 4.72. The minimum Gasteiger partial charge on any atom is -0.326 e. The van der Waals surface area contributed by atoms with E-state index in [1.54, 1.807) is 30.3 Å². The predicted molar refractivity (Wildman–Crippen MR) is 87.8 cm³/mol. The molecule has 0 atom stereocenters. The number of nitrogens with one attached hydrogen (secondary N) is 2. The van der Waals surface area contributed by atoms with Gasteiger partial charge in [-0.2, -0.15) is 0 Å². The molecule has 0 spiro atoms. The zero-order chi connectivity index (χ0) is 16.3. The summed E-state index contributed by atoms with van der Waals surface area (Å²) >= 11 is 1.17. The van der Waals surface area contributed by atoms with Gasteiger partial charge in [-0.15, -0.1) is 11.3 Å². The van der Waals surface area contributed by atoms with Crippen molar-refractivity contribution in [2.75, 3.05) is 10.6 Å². The zero-order valence-electron chi connectivity index (χ0n) is 12.5. The lowest BCUT2D eigenvalue weighted by Gasteiger charge is -2.09. The summed E-state index contributed by atoms with van der Waals surface area (Å²) in [5.74, 6) is -0.459. The lowest BCUT2D eigenvalue weighted by molar-refractivity contribution is -0.114. The Morgan fingerprint density at radius 1 is 0.955 bits per heavy atom. The molecular weight excluding hydrogens is 300 g/mol. The minimum atomic E-state index is -0.260. The van der Waals surface area contributed by atoms with Crippen LogP contribution in [-0.2, 0) is 4.79 Å². The topological polar surface area (TPSA) is 75.3 Å². The van der Waals surface area contributed by atoms with E-state index in [-0.39, 0.29) is 17.6 Å². The van der Waals surface area contributed by atoms with Crippen LogP contribution in [0.1, 0.15) is 38.8 Å². The van der Waals surface area contributed by atoms with Gasteiger partial charge in [-0.1, -0.05) is 0 Å². The normalized spacial score (nSPS) is 10.1. The molecule has 0 aliphatic carbocycles. The van der Waals surface area contributed by atoms with Gasteiger partial charge in [-0.3, -0.25) is 14.4 Å². The number of aryl methyl sites for hydroxylation is 1. The van der Waals surface area contributed by atoms with Crippen LogP contribution in [0.3, 0.4) is 0 Å². The largest absolute Gasteiger partial charge is 0.326 e. The van der Waals surface area contributed by atoms with Gasteiger partial charge in [0.25, 0.3) is 5.91 Å². The third kappa shape index (κ3) is 3.79. The number of ketones is 1. The van der Waals surface area contributed by atoms with E-state index < -0.39 is 0 Å². The number of rotatable bonds is 4. The first-order valence-corrected chi connectivity index (χ1v) is 7.49. The molecule has 2 aromatic rings. The lowest BCUT2D eigenvalue weighted by atomic mass is 10.1. The maximum atomic E-state index is 12.1. The second kappa shape index (κ2) is 6.53. The van der Waals surface area contributed by atoms with Crippen molar-refractivity contribution >= 4 is 40.3 Å². The standard InChI is InChI=1S/C16H16N2O3S/c1-9-8-12(4-5-13(9)17-11(3)20)18-16(21)15-7-6-14(22-15)10(2)19/h4-8H,1-3H3,(H,17,20)(H,18,21). The maximum Gasteiger partial charge on any atom is 0.265 e. The van der Waals surface area contributed by atoms with E-state index in [0.29, 0.717) is 21.1 Å². The van der Waals surface area contributed by atoms with Gasteiger partial charge in [-0.05, 0) is 49.7 Å². The molecule has 22 heavy (non-hydrogen) atoms. The third-order valence-corrected chi connectivity index (χ3v) is 4.16. The first-order chi connectivity index (χ1) is 10.4. The summed E-state index contributed by atoms with van der Waals surface area (Å²) in [5.41, 5.74) is 2.19. The summed E-state index contributed by atoms with van der Waals surface area (Å²) in [4.78, 5) is 35.5. The van der Waals surface area contributed by atoms with Gasteiger partial charge in [-0.25, -0.2) is 0 Å². The van der Waals surface area contributed by atoms with E-state index >= 15 is 0 Å². The minimum absolute atomic E-state index is 0.0560. The average molecular weight is 316 g/mol. The van der Waals surface area contributed by atoms with E-state index in [0.717, 1.165) is 5.56 Å². The van der Waals surface area contributed by atoms with E-state index in [1.807, 2.05) is 6.92 Å². The van der Waals surface area contributed by atoms with Crippen molar-refractivity contribution in [1.82, 2.24) is 0 Å². The zero-order valence-corrected chi connectivity index (χ0v) is 13.3. The molecule has 6 heteroatoms. The second-order valence-electron chi connectivity index (χ2n) is 4.89. The molecule has 1 heterocycles. The van der Waals surface area contributed by atoms with Crippen LogP contribution >= 0.6 is 11.3 Å². The Morgan fingerprint density at radius 2 is 1.64 bits per heavy atom. The SMILES string of the molecule is CC(=O)Nc1ccc(NC(=O)c2ccc(C(C)=O)s2)cc1C. The maximum absolute atomic E-state index is 12.1. The van der Waals surface area contributed by atoms with Crippen molar-refractivity contribution in [3.63, 3.8) is 0 Å². The number of carbonyl (C=O) groups is 3. The van der Waals surface area contributed by atoms with Crippen LogP contribution in [0.25, 0.3) is 0 Å². The Bertz CT molecular complexity index is 750. The van der Waals surface area contributed by atoms with Crippen LogP contribution < -0.4 is 10.6 Å². The summed E-state index contributed by atoms with van der Waals surface area (Å²) in [5, 5.41) is 5.49. The number of Topliss-reactive ketones (excluding diaryl/α,β-unsaturated/α-hetero) is 1. The van der Waals surface area contributed by atoms with E-state index in [2.05, 4.69) is 10.6 Å². The molecule has 0 saturated heterocycles. The van der Waals surface area contributed by atoms with Crippen molar-refractivity contribution in [2.24, 2.45) is 0 Å². The van der Waals surface area contributed by atoms with Gasteiger partial charge in [0.2, 0.25) is 5.91 Å². The van der Waals surface area contributed by atoms with Crippen molar-refractivity contribution < 1.29 is 14.4 Å². The highest BCUT2D eigenvalue weighted by molar-refractivity contribution is 7.16. The number of hydrogen-bond acceptors (Lipinski definition) is 4. The van der Waals surface area contributed by atoms with Gasteiger partial charge in [0, 0.05) is 18.3 Å². The number of benzene rings is 1. The highest BCUT2D eigenvalue weighted by atomic mass is 32.1. The summed E-state index contributed by atoms with van der Waals surface area (Å²) in [7, 11) is 0. The van der Waals surface area contributed by atoms with Gasteiger partial charge < -0.3 is 10.6 Å². The fourth-order valence-electron chi connectivity index (χ4n) is 1.91. The molecular formula is C16H16N2O3S. The smallest absolute Gasteiger partial charge is 0.265 e. The molecule has 2 N–H and O–H groups in total. The monoisotopic (exact) mass is 316 g/mol. The molecule has 1 aromatic heterocycles. The molecule has 2 amide bonds. The molecule has 0 aliphatic heterocycles. The molecule has 114 valence electrons. The average Bonchev–Trinajstić information content (AvgIpc) is 2.91. The van der Waals surface area contributed by atoms with Gasteiger partial charge in [0.1, 0.15) is 0 Å². The van der Waals surface area contributed by atoms with Crippen LogP contribution in [0.2, 0.25) is 0 Å². The van der Waals surface area contributed by atoms with Crippen LogP contribution in [0.15, 0.2) is 30.3 Å². The molecule has 0 radical (unpaired) electrons. The van der Waals surface area contributed by atoms with Gasteiger partial charge >= 0.3 is 0 Å². The van der Waals surface area contributed by atoms with Crippen LogP contribution in [0.4, 0.5) is 11.4 Å². The van der Waals surface area contributed by atoms with Crippen LogP contribution in [-0.4, -0.2) is 17.6 Å². The Balaban J connectivity index is 2.12. The van der Waals surface area contributed by atoms with Crippen LogP contribution in [0, 0.1) is 6.92 Å². The fourth-order valence-corrected chi connectivity index (χ4v) is 2.71. The number of thiophene rings is 1. The van der Waals surface area contributed by atoms with E-state index in [4.69, 9.17) is 0 Å². The molecule has 2 rings (SSSR count). The molecule has 0 aliphatic rings. The molecule has 5 nitrogen and oxygen atoms in total. The Morgan fingerprint density at radius 3 is 2.18 bits per heavy atom.